The van der Waals surface area contributed by atoms with Crippen molar-refractivity contribution in [2.75, 3.05) is 5.32 Å². The maximum absolute atomic E-state index is 9.15. The summed E-state index contributed by atoms with van der Waals surface area (Å²) in [5.74, 6) is 0. The molecule has 0 aliphatic heterocycles. The number of nitrogens with one attached hydrogen (secondary N) is 1. The Morgan fingerprint density at radius 2 is 1.75 bits per heavy atom. The first kappa shape index (κ1) is 14.6. The normalized spacial score (nSPS) is 10.2. The summed E-state index contributed by atoms with van der Waals surface area (Å²) in [6.07, 6.45) is 0. The van der Waals surface area contributed by atoms with Gasteiger partial charge in [0, 0.05) is 11.0 Å². The van der Waals surface area contributed by atoms with Crippen molar-refractivity contribution in [3.63, 3.8) is 0 Å². The summed E-state index contributed by atoms with van der Waals surface area (Å²) in [6, 6.07) is 12.2. The minimum Gasteiger partial charge on any atom is -0.380 e. The van der Waals surface area contributed by atoms with Crippen molar-refractivity contribution >= 4 is 21.6 Å². The van der Waals surface area contributed by atoms with E-state index in [2.05, 4.69) is 60.2 Å². The lowest BCUT2D eigenvalue weighted by atomic mass is 9.99. The highest BCUT2D eigenvalue weighted by Crippen LogP contribution is 2.23. The van der Waals surface area contributed by atoms with Gasteiger partial charge in [-0.2, -0.15) is 5.26 Å². The Balaban J connectivity index is 2.26. The average molecular weight is 329 g/mol. The molecule has 1 N–H and O–H groups in total. The van der Waals surface area contributed by atoms with Crippen molar-refractivity contribution < 1.29 is 0 Å². The zero-order valence-corrected chi connectivity index (χ0v) is 13.5. The van der Waals surface area contributed by atoms with Gasteiger partial charge in [0.2, 0.25) is 0 Å². The Kier molecular flexibility index (Phi) is 4.46. The molecule has 0 unspecified atom stereocenters. The van der Waals surface area contributed by atoms with Crippen LogP contribution in [0.1, 0.15) is 27.8 Å². The van der Waals surface area contributed by atoms with Crippen LogP contribution >= 0.6 is 15.9 Å². The molecular formula is C17H17BrN2. The van der Waals surface area contributed by atoms with Crippen LogP contribution in [0.25, 0.3) is 0 Å². The molecule has 0 spiro atoms. The number of benzene rings is 2. The van der Waals surface area contributed by atoms with Gasteiger partial charge in [0.05, 0.1) is 11.3 Å². The third-order valence-electron chi connectivity index (χ3n) is 3.40. The molecule has 0 heterocycles. The second-order valence-corrected chi connectivity index (χ2v) is 5.95. The van der Waals surface area contributed by atoms with Gasteiger partial charge in [-0.3, -0.25) is 0 Å². The van der Waals surface area contributed by atoms with E-state index in [1.54, 1.807) is 0 Å². The molecule has 2 aromatic rings. The molecule has 102 valence electrons. The first-order chi connectivity index (χ1) is 9.51. The molecule has 2 nitrogen and oxygen atoms in total. The van der Waals surface area contributed by atoms with Crippen molar-refractivity contribution in [3.8, 4) is 6.07 Å². The van der Waals surface area contributed by atoms with E-state index in [1.807, 2.05) is 18.2 Å². The Bertz CT molecular complexity index is 661. The van der Waals surface area contributed by atoms with Gasteiger partial charge in [-0.25, -0.2) is 0 Å². The summed E-state index contributed by atoms with van der Waals surface area (Å²) in [4.78, 5) is 0. The number of anilines is 1. The van der Waals surface area contributed by atoms with Crippen molar-refractivity contribution in [1.29, 1.82) is 5.26 Å². The van der Waals surface area contributed by atoms with Gasteiger partial charge in [-0.1, -0.05) is 33.6 Å². The molecule has 0 aromatic heterocycles. The standard InChI is InChI=1S/C17H17BrN2/c1-11-6-12(2)16(13(3)7-11)10-20-17-8-15(18)5-4-14(17)9-19/h4-8,20H,10H2,1-3H3. The monoisotopic (exact) mass is 328 g/mol. The number of hydrogen-bond donors (Lipinski definition) is 1. The topological polar surface area (TPSA) is 35.8 Å². The van der Waals surface area contributed by atoms with E-state index in [0.29, 0.717) is 5.56 Å². The van der Waals surface area contributed by atoms with E-state index in [1.165, 1.54) is 22.3 Å². The fourth-order valence-corrected chi connectivity index (χ4v) is 2.79. The SMILES string of the molecule is Cc1cc(C)c(CNc2cc(Br)ccc2C#N)c(C)c1. The van der Waals surface area contributed by atoms with Gasteiger partial charge < -0.3 is 5.32 Å². The fourth-order valence-electron chi connectivity index (χ4n) is 2.43. The number of nitriles is 1. The number of nitrogens with zero attached hydrogens (tertiary/aromatic N) is 1. The van der Waals surface area contributed by atoms with Crippen LogP contribution in [0.2, 0.25) is 0 Å². The molecule has 0 aliphatic rings. The molecule has 2 aromatic carbocycles. The number of aryl methyl sites for hydroxylation is 3. The van der Waals surface area contributed by atoms with Gasteiger partial charge in [0.25, 0.3) is 0 Å². The largest absolute Gasteiger partial charge is 0.380 e. The molecule has 0 saturated carbocycles. The van der Waals surface area contributed by atoms with Gasteiger partial charge in [-0.05, 0) is 55.7 Å². The summed E-state index contributed by atoms with van der Waals surface area (Å²) in [5, 5.41) is 12.5. The average Bonchev–Trinajstić information content (AvgIpc) is 2.37. The molecule has 20 heavy (non-hydrogen) atoms. The lowest BCUT2D eigenvalue weighted by Gasteiger charge is -2.14. The van der Waals surface area contributed by atoms with Crippen LogP contribution < -0.4 is 5.32 Å². The Morgan fingerprint density at radius 3 is 2.35 bits per heavy atom. The second-order valence-electron chi connectivity index (χ2n) is 5.03. The van der Waals surface area contributed by atoms with Gasteiger partial charge in [-0.15, -0.1) is 0 Å². The van der Waals surface area contributed by atoms with Crippen LogP contribution in [0, 0.1) is 32.1 Å². The van der Waals surface area contributed by atoms with E-state index in [9.17, 15) is 0 Å². The summed E-state index contributed by atoms with van der Waals surface area (Å²) in [6.45, 7) is 7.09. The predicted molar refractivity (Wildman–Crippen MR) is 86.8 cm³/mol. The lowest BCUT2D eigenvalue weighted by molar-refractivity contribution is 1.08. The smallest absolute Gasteiger partial charge is 0.101 e. The lowest BCUT2D eigenvalue weighted by Crippen LogP contribution is -2.05. The first-order valence-electron chi connectivity index (χ1n) is 6.51. The molecule has 3 heteroatoms. The fraction of sp³-hybridized carbons (Fsp3) is 0.235. The third kappa shape index (κ3) is 3.20. The van der Waals surface area contributed by atoms with E-state index in [0.717, 1.165) is 16.7 Å². The van der Waals surface area contributed by atoms with E-state index in [4.69, 9.17) is 5.26 Å². The number of rotatable bonds is 3. The van der Waals surface area contributed by atoms with Crippen LogP contribution in [0.15, 0.2) is 34.8 Å². The maximum atomic E-state index is 9.15. The minimum absolute atomic E-state index is 0.663. The molecule has 0 fully saturated rings. The Labute approximate surface area is 128 Å². The molecule has 0 aliphatic carbocycles. The highest BCUT2D eigenvalue weighted by molar-refractivity contribution is 9.10. The highest BCUT2D eigenvalue weighted by Gasteiger charge is 2.06. The summed E-state index contributed by atoms with van der Waals surface area (Å²) in [7, 11) is 0. The molecule has 0 atom stereocenters. The number of hydrogen-bond acceptors (Lipinski definition) is 2. The zero-order chi connectivity index (χ0) is 14.7. The molecule has 0 amide bonds. The van der Waals surface area contributed by atoms with Crippen LogP contribution in [0.4, 0.5) is 5.69 Å². The highest BCUT2D eigenvalue weighted by atomic mass is 79.9. The number of halogens is 1. The summed E-state index contributed by atoms with van der Waals surface area (Å²) >= 11 is 3.44. The maximum Gasteiger partial charge on any atom is 0.101 e. The van der Waals surface area contributed by atoms with E-state index < -0.39 is 0 Å². The minimum atomic E-state index is 0.663. The van der Waals surface area contributed by atoms with Crippen molar-refractivity contribution in [1.82, 2.24) is 0 Å². The third-order valence-corrected chi connectivity index (χ3v) is 3.89. The van der Waals surface area contributed by atoms with E-state index >= 15 is 0 Å². The molecular weight excluding hydrogens is 312 g/mol. The molecule has 0 radical (unpaired) electrons. The van der Waals surface area contributed by atoms with Gasteiger partial charge in [0.15, 0.2) is 0 Å². The van der Waals surface area contributed by atoms with Crippen LogP contribution in [-0.4, -0.2) is 0 Å². The summed E-state index contributed by atoms with van der Waals surface area (Å²) in [5.41, 5.74) is 6.66. The van der Waals surface area contributed by atoms with Crippen molar-refractivity contribution in [3.05, 3.63) is 62.6 Å². The van der Waals surface area contributed by atoms with Gasteiger partial charge in [0.1, 0.15) is 6.07 Å². The van der Waals surface area contributed by atoms with Crippen LogP contribution in [0.3, 0.4) is 0 Å². The van der Waals surface area contributed by atoms with Gasteiger partial charge >= 0.3 is 0 Å². The summed E-state index contributed by atoms with van der Waals surface area (Å²) < 4.78 is 0.969. The van der Waals surface area contributed by atoms with Crippen LogP contribution in [-0.2, 0) is 6.54 Å². The zero-order valence-electron chi connectivity index (χ0n) is 11.9. The Hall–Kier alpha value is -1.79. The predicted octanol–water partition coefficient (Wildman–Crippen LogP) is 4.86. The van der Waals surface area contributed by atoms with Crippen LogP contribution in [0.5, 0.6) is 0 Å². The molecule has 2 rings (SSSR count). The molecule has 0 saturated heterocycles. The van der Waals surface area contributed by atoms with E-state index in [-0.39, 0.29) is 0 Å². The van der Waals surface area contributed by atoms with Crippen molar-refractivity contribution in [2.45, 2.75) is 27.3 Å². The first-order valence-corrected chi connectivity index (χ1v) is 7.31. The Morgan fingerprint density at radius 1 is 1.10 bits per heavy atom. The second kappa shape index (κ2) is 6.11. The molecule has 0 bridgehead atoms. The van der Waals surface area contributed by atoms with Crippen molar-refractivity contribution in [2.24, 2.45) is 0 Å². The quantitative estimate of drug-likeness (QED) is 0.873.